The van der Waals surface area contributed by atoms with Crippen molar-refractivity contribution in [3.8, 4) is 5.75 Å². The zero-order valence-electron chi connectivity index (χ0n) is 9.78. The van der Waals surface area contributed by atoms with E-state index in [0.717, 1.165) is 23.2 Å². The number of benzene rings is 1. The van der Waals surface area contributed by atoms with E-state index in [1.807, 2.05) is 7.05 Å². The van der Waals surface area contributed by atoms with E-state index in [1.165, 1.54) is 16.7 Å². The number of halogens is 1. The Kier molecular flexibility index (Phi) is 4.61. The highest BCUT2D eigenvalue weighted by Gasteiger charge is 2.12. The molecule has 1 rings (SSSR count). The summed E-state index contributed by atoms with van der Waals surface area (Å²) >= 11 is 3.54. The Morgan fingerprint density at radius 1 is 1.40 bits per heavy atom. The number of hydrogen-bond donors (Lipinski definition) is 1. The van der Waals surface area contributed by atoms with Crippen LogP contribution in [-0.4, -0.2) is 20.7 Å². The summed E-state index contributed by atoms with van der Waals surface area (Å²) in [6.45, 7) is 5.17. The predicted octanol–water partition coefficient (Wildman–Crippen LogP) is 2.84. The molecule has 0 unspecified atom stereocenters. The third kappa shape index (κ3) is 2.73. The van der Waals surface area contributed by atoms with Crippen LogP contribution >= 0.6 is 15.9 Å². The van der Waals surface area contributed by atoms with Crippen LogP contribution in [0.3, 0.4) is 0 Å². The van der Waals surface area contributed by atoms with Crippen LogP contribution in [0.4, 0.5) is 0 Å². The third-order valence-electron chi connectivity index (χ3n) is 2.62. The number of rotatable bonds is 4. The fraction of sp³-hybridized carbons (Fsp3) is 0.500. The number of likely N-dealkylation sites (N-methyl/N-ethyl adjacent to an activating group) is 1. The van der Waals surface area contributed by atoms with E-state index in [-0.39, 0.29) is 0 Å². The number of methoxy groups -OCH3 is 1. The summed E-state index contributed by atoms with van der Waals surface area (Å²) in [5.74, 6) is 1.01. The van der Waals surface area contributed by atoms with Gasteiger partial charge in [0.25, 0.3) is 0 Å². The number of nitrogens with one attached hydrogen (secondary N) is 1. The first-order valence-electron chi connectivity index (χ1n) is 5.09. The van der Waals surface area contributed by atoms with Crippen molar-refractivity contribution < 1.29 is 4.74 Å². The molecule has 1 N–H and O–H groups in total. The highest BCUT2D eigenvalue weighted by atomic mass is 79.9. The van der Waals surface area contributed by atoms with E-state index in [2.05, 4.69) is 41.2 Å². The van der Waals surface area contributed by atoms with Crippen molar-refractivity contribution in [1.82, 2.24) is 5.32 Å². The molecular weight excluding hydrogens is 254 g/mol. The highest BCUT2D eigenvalue weighted by molar-refractivity contribution is 9.10. The molecule has 0 spiro atoms. The van der Waals surface area contributed by atoms with Gasteiger partial charge in [-0.05, 0) is 51.1 Å². The number of ether oxygens (including phenoxy) is 1. The van der Waals surface area contributed by atoms with Gasteiger partial charge in [0.1, 0.15) is 5.75 Å². The molecule has 0 saturated carbocycles. The molecule has 15 heavy (non-hydrogen) atoms. The Morgan fingerprint density at radius 3 is 2.60 bits per heavy atom. The second kappa shape index (κ2) is 5.52. The van der Waals surface area contributed by atoms with Crippen molar-refractivity contribution in [3.05, 3.63) is 27.2 Å². The maximum absolute atomic E-state index is 5.48. The lowest BCUT2D eigenvalue weighted by Crippen LogP contribution is -2.12. The van der Waals surface area contributed by atoms with E-state index in [4.69, 9.17) is 4.74 Å². The van der Waals surface area contributed by atoms with Gasteiger partial charge < -0.3 is 10.1 Å². The second-order valence-corrected chi connectivity index (χ2v) is 4.52. The summed E-state index contributed by atoms with van der Waals surface area (Å²) in [7, 11) is 3.70. The van der Waals surface area contributed by atoms with Gasteiger partial charge >= 0.3 is 0 Å². The monoisotopic (exact) mass is 271 g/mol. The molecule has 0 aliphatic rings. The van der Waals surface area contributed by atoms with Crippen molar-refractivity contribution >= 4 is 15.9 Å². The van der Waals surface area contributed by atoms with Crippen LogP contribution in [0.2, 0.25) is 0 Å². The maximum atomic E-state index is 5.48. The molecule has 84 valence electrons. The first-order valence-corrected chi connectivity index (χ1v) is 5.88. The Morgan fingerprint density at radius 2 is 2.07 bits per heavy atom. The van der Waals surface area contributed by atoms with Gasteiger partial charge in [0.05, 0.1) is 7.11 Å². The Balaban J connectivity index is 3.16. The predicted molar refractivity (Wildman–Crippen MR) is 67.8 cm³/mol. The zero-order valence-corrected chi connectivity index (χ0v) is 11.4. The van der Waals surface area contributed by atoms with Crippen LogP contribution in [0.1, 0.15) is 16.7 Å². The fourth-order valence-electron chi connectivity index (χ4n) is 1.74. The lowest BCUT2D eigenvalue weighted by molar-refractivity contribution is 0.405. The zero-order chi connectivity index (χ0) is 11.4. The Labute approximate surface area is 100 Å². The normalized spacial score (nSPS) is 10.5. The molecule has 0 fully saturated rings. The van der Waals surface area contributed by atoms with E-state index >= 15 is 0 Å². The van der Waals surface area contributed by atoms with Crippen molar-refractivity contribution in [2.45, 2.75) is 20.3 Å². The van der Waals surface area contributed by atoms with E-state index < -0.39 is 0 Å². The molecule has 0 atom stereocenters. The molecule has 0 radical (unpaired) electrons. The molecule has 3 heteroatoms. The second-order valence-electron chi connectivity index (χ2n) is 3.67. The lowest BCUT2D eigenvalue weighted by Gasteiger charge is -2.15. The van der Waals surface area contributed by atoms with Crippen LogP contribution in [0.25, 0.3) is 0 Å². The molecule has 0 amide bonds. The van der Waals surface area contributed by atoms with Gasteiger partial charge in [-0.15, -0.1) is 0 Å². The molecular formula is C12H18BrNO. The van der Waals surface area contributed by atoms with Crippen LogP contribution in [0.5, 0.6) is 5.75 Å². The van der Waals surface area contributed by atoms with Crippen LogP contribution < -0.4 is 10.1 Å². The summed E-state index contributed by atoms with van der Waals surface area (Å²) in [6.07, 6.45) is 1.000. The molecule has 0 bridgehead atoms. The first kappa shape index (κ1) is 12.5. The summed E-state index contributed by atoms with van der Waals surface area (Å²) in [6, 6.07) is 2.16. The van der Waals surface area contributed by atoms with E-state index in [0.29, 0.717) is 0 Å². The topological polar surface area (TPSA) is 21.3 Å². The van der Waals surface area contributed by atoms with Gasteiger partial charge in [-0.3, -0.25) is 0 Å². The van der Waals surface area contributed by atoms with Gasteiger partial charge in [0.15, 0.2) is 0 Å². The van der Waals surface area contributed by atoms with Gasteiger partial charge in [-0.1, -0.05) is 15.9 Å². The van der Waals surface area contributed by atoms with Crippen molar-refractivity contribution in [1.29, 1.82) is 0 Å². The SMILES string of the molecule is CNCCc1c(C)cc(Br)c(C)c1OC. The van der Waals surface area contributed by atoms with Crippen molar-refractivity contribution in [3.63, 3.8) is 0 Å². The Bertz CT molecular complexity index is 350. The number of hydrogen-bond acceptors (Lipinski definition) is 2. The highest BCUT2D eigenvalue weighted by Crippen LogP contribution is 2.32. The lowest BCUT2D eigenvalue weighted by atomic mass is 10.0. The molecule has 0 aliphatic carbocycles. The smallest absolute Gasteiger partial charge is 0.126 e. The van der Waals surface area contributed by atoms with Crippen LogP contribution in [0, 0.1) is 13.8 Å². The van der Waals surface area contributed by atoms with Gasteiger partial charge in [-0.2, -0.15) is 0 Å². The quantitative estimate of drug-likeness (QED) is 0.910. The fourth-order valence-corrected chi connectivity index (χ4v) is 2.26. The van der Waals surface area contributed by atoms with Gasteiger partial charge in [-0.25, -0.2) is 0 Å². The summed E-state index contributed by atoms with van der Waals surface area (Å²) < 4.78 is 6.59. The van der Waals surface area contributed by atoms with Crippen molar-refractivity contribution in [2.24, 2.45) is 0 Å². The summed E-state index contributed by atoms with van der Waals surface area (Å²) in [5.41, 5.74) is 3.75. The van der Waals surface area contributed by atoms with Crippen LogP contribution in [-0.2, 0) is 6.42 Å². The summed E-state index contributed by atoms with van der Waals surface area (Å²) in [5, 5.41) is 3.16. The minimum atomic E-state index is 0.971. The molecule has 2 nitrogen and oxygen atoms in total. The Hall–Kier alpha value is -0.540. The molecule has 0 heterocycles. The minimum absolute atomic E-state index is 0.971. The molecule has 0 aliphatic heterocycles. The minimum Gasteiger partial charge on any atom is -0.496 e. The molecule has 0 saturated heterocycles. The molecule has 1 aromatic rings. The standard InChI is InChI=1S/C12H18BrNO/c1-8-7-11(13)9(2)12(15-4)10(8)5-6-14-3/h7,14H,5-6H2,1-4H3. The first-order chi connectivity index (χ1) is 7.11. The average molecular weight is 272 g/mol. The van der Waals surface area contributed by atoms with E-state index in [9.17, 15) is 0 Å². The largest absolute Gasteiger partial charge is 0.496 e. The summed E-state index contributed by atoms with van der Waals surface area (Å²) in [4.78, 5) is 0. The maximum Gasteiger partial charge on any atom is 0.126 e. The average Bonchev–Trinajstić information content (AvgIpc) is 2.21. The third-order valence-corrected chi connectivity index (χ3v) is 3.44. The molecule has 1 aromatic carbocycles. The van der Waals surface area contributed by atoms with Crippen molar-refractivity contribution in [2.75, 3.05) is 20.7 Å². The van der Waals surface area contributed by atoms with Crippen LogP contribution in [0.15, 0.2) is 10.5 Å². The number of aryl methyl sites for hydroxylation is 1. The molecule has 0 aromatic heterocycles. The van der Waals surface area contributed by atoms with Gasteiger partial charge in [0, 0.05) is 10.0 Å². The van der Waals surface area contributed by atoms with E-state index in [1.54, 1.807) is 7.11 Å². The van der Waals surface area contributed by atoms with Gasteiger partial charge in [0.2, 0.25) is 0 Å².